The van der Waals surface area contributed by atoms with Crippen LogP contribution in [0.4, 0.5) is 18.0 Å². The molecule has 3 aromatic carbocycles. The number of nitrogens with one attached hydrogen (secondary N) is 1. The van der Waals surface area contributed by atoms with Gasteiger partial charge in [-0.05, 0) is 39.9 Å². The summed E-state index contributed by atoms with van der Waals surface area (Å²) in [7, 11) is 0. The summed E-state index contributed by atoms with van der Waals surface area (Å²) in [6.45, 7) is -0.0134. The molecular weight excluding hydrogens is 435 g/mol. The average Bonchev–Trinajstić information content (AvgIpc) is 3.10. The van der Waals surface area contributed by atoms with Crippen molar-refractivity contribution in [2.24, 2.45) is 0 Å². The van der Waals surface area contributed by atoms with Gasteiger partial charge in [-0.1, -0.05) is 60.7 Å². The van der Waals surface area contributed by atoms with Crippen molar-refractivity contribution in [1.29, 1.82) is 0 Å². The number of fused-ring (bicyclic) bond motifs is 3. The predicted molar refractivity (Wildman–Crippen MR) is 112 cm³/mol. The Bertz CT molecular complexity index is 1150. The van der Waals surface area contributed by atoms with Crippen LogP contribution in [-0.4, -0.2) is 18.7 Å². The summed E-state index contributed by atoms with van der Waals surface area (Å²) in [6, 6.07) is 18.4. The molecule has 0 aromatic heterocycles. The molecule has 1 aliphatic rings. The lowest BCUT2D eigenvalue weighted by atomic mass is 9.98. The molecule has 8 heteroatoms. The van der Waals surface area contributed by atoms with Crippen molar-refractivity contribution < 1.29 is 32.6 Å². The Hall–Kier alpha value is -3.81. The minimum atomic E-state index is -4.61. The van der Waals surface area contributed by atoms with E-state index in [1.54, 1.807) is 0 Å². The first kappa shape index (κ1) is 22.4. The van der Waals surface area contributed by atoms with Gasteiger partial charge in [0.1, 0.15) is 6.61 Å². The van der Waals surface area contributed by atoms with Crippen LogP contribution in [0.15, 0.2) is 72.8 Å². The van der Waals surface area contributed by atoms with E-state index in [9.17, 15) is 27.9 Å². The standard InChI is InChI=1S/C25H20F3NO4/c26-25(27,28)16-7-5-6-15(12-16)22(13-23(30)31)29-24(32)33-14-21-19-10-3-1-8-17(19)18-9-2-4-11-20(18)21/h1-12,21-22H,13-14H2,(H,29,32)(H,30,31)/p-1/t22-/m1/s1. The average molecular weight is 454 g/mol. The topological polar surface area (TPSA) is 78.5 Å². The van der Waals surface area contributed by atoms with Crippen LogP contribution in [0.3, 0.4) is 0 Å². The maximum Gasteiger partial charge on any atom is 0.416 e. The molecule has 0 bridgehead atoms. The van der Waals surface area contributed by atoms with Crippen molar-refractivity contribution >= 4 is 12.1 Å². The van der Waals surface area contributed by atoms with Crippen LogP contribution in [-0.2, 0) is 15.7 Å². The number of aliphatic carboxylic acids is 1. The second-order valence-electron chi connectivity index (χ2n) is 7.72. The SMILES string of the molecule is O=C([O-])C[C@@H](NC(=O)OCC1c2ccccc2-c2ccccc21)c1cccc(C(F)(F)F)c1. The minimum Gasteiger partial charge on any atom is -0.550 e. The second kappa shape index (κ2) is 8.97. The van der Waals surface area contributed by atoms with E-state index in [-0.39, 0.29) is 18.1 Å². The Morgan fingerprint density at radius 3 is 2.12 bits per heavy atom. The van der Waals surface area contributed by atoms with Gasteiger partial charge in [0, 0.05) is 18.3 Å². The van der Waals surface area contributed by atoms with Crippen molar-refractivity contribution in [2.75, 3.05) is 6.61 Å². The number of alkyl carbamates (subject to hydrolysis) is 1. The smallest absolute Gasteiger partial charge is 0.416 e. The van der Waals surface area contributed by atoms with Gasteiger partial charge in [-0.2, -0.15) is 13.2 Å². The molecular formula is C25H19F3NO4-. The Labute approximate surface area is 187 Å². The minimum absolute atomic E-state index is 0.0115. The number of carbonyl (C=O) groups excluding carboxylic acids is 2. The number of carboxylic acid groups (broad SMARTS) is 1. The van der Waals surface area contributed by atoms with Crippen LogP contribution >= 0.6 is 0 Å². The Kier molecular flexibility index (Phi) is 6.09. The van der Waals surface area contributed by atoms with Crippen molar-refractivity contribution in [3.05, 3.63) is 95.1 Å². The number of carbonyl (C=O) groups is 2. The number of ether oxygens (including phenoxy) is 1. The predicted octanol–water partition coefficient (Wildman–Crippen LogP) is 4.43. The normalized spacial score (nSPS) is 13.7. The molecule has 170 valence electrons. The lowest BCUT2D eigenvalue weighted by molar-refractivity contribution is -0.306. The molecule has 5 nitrogen and oxygen atoms in total. The number of hydrogen-bond donors (Lipinski definition) is 1. The maximum atomic E-state index is 13.1. The van der Waals surface area contributed by atoms with Crippen molar-refractivity contribution in [2.45, 2.75) is 24.6 Å². The molecule has 0 saturated carbocycles. The van der Waals surface area contributed by atoms with Crippen LogP contribution < -0.4 is 10.4 Å². The third-order valence-corrected chi connectivity index (χ3v) is 5.62. The lowest BCUT2D eigenvalue weighted by Gasteiger charge is -2.21. The zero-order chi connectivity index (χ0) is 23.6. The highest BCUT2D eigenvalue weighted by Crippen LogP contribution is 2.44. The van der Waals surface area contributed by atoms with Crippen LogP contribution in [0.5, 0.6) is 0 Å². The molecule has 1 amide bonds. The molecule has 0 fully saturated rings. The zero-order valence-electron chi connectivity index (χ0n) is 17.3. The van der Waals surface area contributed by atoms with Crippen LogP contribution in [0.2, 0.25) is 0 Å². The molecule has 0 heterocycles. The van der Waals surface area contributed by atoms with Gasteiger partial charge >= 0.3 is 12.3 Å². The first-order chi connectivity index (χ1) is 15.7. The summed E-state index contributed by atoms with van der Waals surface area (Å²) in [5, 5.41) is 13.5. The van der Waals surface area contributed by atoms with Gasteiger partial charge < -0.3 is 20.0 Å². The molecule has 0 aliphatic heterocycles. The first-order valence-corrected chi connectivity index (χ1v) is 10.2. The number of alkyl halides is 3. The van der Waals surface area contributed by atoms with Crippen molar-refractivity contribution in [3.63, 3.8) is 0 Å². The third-order valence-electron chi connectivity index (χ3n) is 5.62. The summed E-state index contributed by atoms with van der Waals surface area (Å²) in [5.41, 5.74) is 3.12. The van der Waals surface area contributed by atoms with Gasteiger partial charge in [-0.3, -0.25) is 0 Å². The summed E-state index contributed by atoms with van der Waals surface area (Å²) < 4.78 is 44.5. The van der Waals surface area contributed by atoms with E-state index in [0.29, 0.717) is 0 Å². The van der Waals surface area contributed by atoms with Crippen LogP contribution in [0, 0.1) is 0 Å². The van der Waals surface area contributed by atoms with Gasteiger partial charge in [-0.25, -0.2) is 4.79 Å². The van der Waals surface area contributed by atoms with E-state index in [1.807, 2.05) is 48.5 Å². The molecule has 0 saturated heterocycles. The Balaban J connectivity index is 1.50. The molecule has 1 aliphatic carbocycles. The van der Waals surface area contributed by atoms with Gasteiger partial charge in [0.25, 0.3) is 0 Å². The Morgan fingerprint density at radius 1 is 0.939 bits per heavy atom. The maximum absolute atomic E-state index is 13.1. The molecule has 4 rings (SSSR count). The molecule has 0 radical (unpaired) electrons. The summed E-state index contributed by atoms with van der Waals surface area (Å²) in [5.74, 6) is -1.73. The fourth-order valence-electron chi connectivity index (χ4n) is 4.13. The van der Waals surface area contributed by atoms with E-state index in [4.69, 9.17) is 4.74 Å². The lowest BCUT2D eigenvalue weighted by Crippen LogP contribution is -2.35. The summed E-state index contributed by atoms with van der Waals surface area (Å²) >= 11 is 0. The first-order valence-electron chi connectivity index (χ1n) is 10.2. The number of halogens is 3. The van der Waals surface area contributed by atoms with Gasteiger partial charge in [0.2, 0.25) is 0 Å². The summed E-state index contributed by atoms with van der Waals surface area (Å²) in [4.78, 5) is 23.7. The third kappa shape index (κ3) is 4.84. The molecule has 0 spiro atoms. The highest BCUT2D eigenvalue weighted by molar-refractivity contribution is 5.79. The highest BCUT2D eigenvalue weighted by Gasteiger charge is 2.32. The van der Waals surface area contributed by atoms with Crippen molar-refractivity contribution in [3.8, 4) is 11.1 Å². The molecule has 0 unspecified atom stereocenters. The number of carboxylic acids is 1. The van der Waals surface area contributed by atoms with E-state index < -0.39 is 36.3 Å². The van der Waals surface area contributed by atoms with Gasteiger partial charge in [0.15, 0.2) is 0 Å². The number of rotatable bonds is 6. The van der Waals surface area contributed by atoms with E-state index in [1.165, 1.54) is 6.07 Å². The number of benzene rings is 3. The van der Waals surface area contributed by atoms with Crippen LogP contribution in [0.25, 0.3) is 11.1 Å². The number of hydrogen-bond acceptors (Lipinski definition) is 4. The summed E-state index contributed by atoms with van der Waals surface area (Å²) in [6.07, 6.45) is -6.24. The fourth-order valence-corrected chi connectivity index (χ4v) is 4.13. The molecule has 1 N–H and O–H groups in total. The highest BCUT2D eigenvalue weighted by atomic mass is 19.4. The number of amides is 1. The Morgan fingerprint density at radius 2 is 1.55 bits per heavy atom. The second-order valence-corrected chi connectivity index (χ2v) is 7.72. The van der Waals surface area contributed by atoms with Crippen molar-refractivity contribution in [1.82, 2.24) is 5.32 Å². The van der Waals surface area contributed by atoms with E-state index in [0.717, 1.165) is 40.5 Å². The monoisotopic (exact) mass is 454 g/mol. The quantitative estimate of drug-likeness (QED) is 0.598. The largest absolute Gasteiger partial charge is 0.550 e. The molecule has 33 heavy (non-hydrogen) atoms. The van der Waals surface area contributed by atoms with Gasteiger partial charge in [0.05, 0.1) is 11.6 Å². The molecule has 3 aromatic rings. The van der Waals surface area contributed by atoms with E-state index >= 15 is 0 Å². The molecule has 1 atom stereocenters. The van der Waals surface area contributed by atoms with Crippen LogP contribution in [0.1, 0.15) is 40.6 Å². The zero-order valence-corrected chi connectivity index (χ0v) is 17.3. The van der Waals surface area contributed by atoms with Gasteiger partial charge in [-0.15, -0.1) is 0 Å². The fraction of sp³-hybridized carbons (Fsp3) is 0.200. The van der Waals surface area contributed by atoms with E-state index in [2.05, 4.69) is 5.32 Å².